The minimum atomic E-state index is -0.360. The maximum Gasteiger partial charge on any atom is 0.414 e. The fraction of sp³-hybridized carbons (Fsp3) is 0.276. The molecule has 0 bridgehead atoms. The smallest absolute Gasteiger partial charge is 0.414 e. The van der Waals surface area contributed by atoms with E-state index >= 15 is 0 Å². The molecule has 9 heteroatoms. The van der Waals surface area contributed by atoms with E-state index in [1.807, 2.05) is 67.6 Å². The molecule has 1 fully saturated rings. The Balaban J connectivity index is 1.63. The number of carbonyl (C=O) groups is 1. The summed E-state index contributed by atoms with van der Waals surface area (Å²) in [5.74, 6) is 1.77. The molecule has 2 heterocycles. The van der Waals surface area contributed by atoms with Crippen LogP contribution < -0.4 is 25.0 Å². The van der Waals surface area contributed by atoms with E-state index in [9.17, 15) is 4.79 Å². The maximum atomic E-state index is 12.7. The summed E-state index contributed by atoms with van der Waals surface area (Å²) in [6, 6.07) is 19.8. The summed E-state index contributed by atoms with van der Waals surface area (Å²) in [5, 5.41) is 0.839. The Bertz CT molecular complexity index is 1380. The molecule has 4 aromatic rings. The number of nitrogens with zero attached hydrogens (tertiary/aromatic N) is 4. The molecular formula is C29H31N5O4. The average molecular weight is 514 g/mol. The van der Waals surface area contributed by atoms with Crippen molar-refractivity contribution in [3.63, 3.8) is 0 Å². The van der Waals surface area contributed by atoms with E-state index in [0.29, 0.717) is 25.2 Å². The SMILES string of the molecule is CC[C@@H]1COC(=O)N1c1cc(N(Cc2ccc(OC)cc2)Cc2ccc(OC)cc2)c2cnc(N)nc2c1. The molecule has 38 heavy (non-hydrogen) atoms. The normalized spacial score (nSPS) is 15.0. The van der Waals surface area contributed by atoms with Crippen molar-refractivity contribution in [3.8, 4) is 11.5 Å². The highest BCUT2D eigenvalue weighted by atomic mass is 16.6. The molecule has 0 saturated carbocycles. The molecule has 1 aliphatic rings. The number of ether oxygens (including phenoxy) is 3. The van der Waals surface area contributed by atoms with Gasteiger partial charge >= 0.3 is 6.09 Å². The van der Waals surface area contributed by atoms with Gasteiger partial charge in [-0.25, -0.2) is 14.8 Å². The van der Waals surface area contributed by atoms with Gasteiger partial charge < -0.3 is 24.8 Å². The standard InChI is InChI=1S/C29H31N5O4/c1-4-21-18-38-29(35)34(21)22-13-26-25(15-31-28(30)32-26)27(14-22)33(16-19-5-9-23(36-2)10-6-19)17-20-7-11-24(37-3)12-8-20/h5-15,21H,4,16-18H2,1-3H3,(H2,30,31,32)/t21-/m1/s1. The fourth-order valence-electron chi connectivity index (χ4n) is 4.72. The zero-order valence-corrected chi connectivity index (χ0v) is 21.8. The number of hydrogen-bond acceptors (Lipinski definition) is 8. The van der Waals surface area contributed by atoms with Crippen LogP contribution in [0.3, 0.4) is 0 Å². The lowest BCUT2D eigenvalue weighted by molar-refractivity contribution is 0.178. The molecule has 196 valence electrons. The first-order chi connectivity index (χ1) is 18.5. The number of fused-ring (bicyclic) bond motifs is 1. The highest BCUT2D eigenvalue weighted by Gasteiger charge is 2.34. The van der Waals surface area contributed by atoms with Crippen LogP contribution in [-0.4, -0.2) is 42.9 Å². The monoisotopic (exact) mass is 513 g/mol. The van der Waals surface area contributed by atoms with Gasteiger partial charge in [0.2, 0.25) is 5.95 Å². The van der Waals surface area contributed by atoms with Gasteiger partial charge in [0.05, 0.1) is 37.2 Å². The third-order valence-electron chi connectivity index (χ3n) is 6.80. The molecule has 1 aliphatic heterocycles. The van der Waals surface area contributed by atoms with Crippen molar-refractivity contribution in [1.29, 1.82) is 0 Å². The number of hydrogen-bond donors (Lipinski definition) is 1. The summed E-state index contributed by atoms with van der Waals surface area (Å²) < 4.78 is 16.1. The van der Waals surface area contributed by atoms with Crippen molar-refractivity contribution >= 4 is 34.3 Å². The summed E-state index contributed by atoms with van der Waals surface area (Å²) in [5.41, 5.74) is 10.4. The Morgan fingerprint density at radius 2 is 1.61 bits per heavy atom. The second-order valence-electron chi connectivity index (χ2n) is 9.19. The number of aromatic nitrogens is 2. The molecule has 1 atom stereocenters. The average Bonchev–Trinajstić information content (AvgIpc) is 3.33. The zero-order valence-electron chi connectivity index (χ0n) is 21.8. The second kappa shape index (κ2) is 10.8. The summed E-state index contributed by atoms with van der Waals surface area (Å²) in [6.07, 6.45) is 2.15. The first-order valence-electron chi connectivity index (χ1n) is 12.5. The Morgan fingerprint density at radius 1 is 1.00 bits per heavy atom. The fourth-order valence-corrected chi connectivity index (χ4v) is 4.72. The molecule has 1 saturated heterocycles. The van der Waals surface area contributed by atoms with Crippen LogP contribution >= 0.6 is 0 Å². The lowest BCUT2D eigenvalue weighted by Gasteiger charge is -2.29. The minimum Gasteiger partial charge on any atom is -0.497 e. The molecule has 0 radical (unpaired) electrons. The molecule has 1 amide bonds. The second-order valence-corrected chi connectivity index (χ2v) is 9.19. The van der Waals surface area contributed by atoms with Crippen LogP contribution in [0.15, 0.2) is 66.9 Å². The predicted octanol–water partition coefficient (Wildman–Crippen LogP) is 5.17. The van der Waals surface area contributed by atoms with Crippen LogP contribution in [0, 0.1) is 0 Å². The first-order valence-corrected chi connectivity index (χ1v) is 12.5. The number of cyclic esters (lactones) is 1. The molecule has 2 N–H and O–H groups in total. The lowest BCUT2D eigenvalue weighted by atomic mass is 10.1. The predicted molar refractivity (Wildman–Crippen MR) is 148 cm³/mol. The van der Waals surface area contributed by atoms with Gasteiger partial charge in [0.25, 0.3) is 0 Å². The Kier molecular flexibility index (Phi) is 7.17. The Hall–Kier alpha value is -4.53. The molecule has 0 unspecified atom stereocenters. The van der Waals surface area contributed by atoms with Crippen LogP contribution in [0.5, 0.6) is 11.5 Å². The minimum absolute atomic E-state index is 0.0522. The van der Waals surface area contributed by atoms with E-state index in [2.05, 4.69) is 14.9 Å². The topological polar surface area (TPSA) is 103 Å². The number of methoxy groups -OCH3 is 2. The van der Waals surface area contributed by atoms with Gasteiger partial charge in [0, 0.05) is 24.7 Å². The van der Waals surface area contributed by atoms with Gasteiger partial charge in [0.1, 0.15) is 18.1 Å². The summed E-state index contributed by atoms with van der Waals surface area (Å²) in [6.45, 7) is 3.60. The summed E-state index contributed by atoms with van der Waals surface area (Å²) in [4.78, 5) is 25.5. The van der Waals surface area contributed by atoms with E-state index in [0.717, 1.165) is 45.8 Å². The highest BCUT2D eigenvalue weighted by molar-refractivity contribution is 5.99. The van der Waals surface area contributed by atoms with E-state index in [1.54, 1.807) is 25.3 Å². The number of carbonyl (C=O) groups excluding carboxylic acids is 1. The number of anilines is 3. The summed E-state index contributed by atoms with van der Waals surface area (Å²) >= 11 is 0. The molecule has 0 aliphatic carbocycles. The van der Waals surface area contributed by atoms with Crippen molar-refractivity contribution in [2.24, 2.45) is 0 Å². The van der Waals surface area contributed by atoms with Crippen LogP contribution in [0.2, 0.25) is 0 Å². The summed E-state index contributed by atoms with van der Waals surface area (Å²) in [7, 11) is 3.31. The number of nitrogen functional groups attached to an aromatic ring is 1. The molecule has 0 spiro atoms. The van der Waals surface area contributed by atoms with Gasteiger partial charge in [-0.1, -0.05) is 31.2 Å². The van der Waals surface area contributed by atoms with Gasteiger partial charge in [-0.2, -0.15) is 0 Å². The molecular weight excluding hydrogens is 482 g/mol. The van der Waals surface area contributed by atoms with Crippen LogP contribution in [0.4, 0.5) is 22.1 Å². The Morgan fingerprint density at radius 3 is 2.16 bits per heavy atom. The number of rotatable bonds is 9. The van der Waals surface area contributed by atoms with Gasteiger partial charge in [-0.05, 0) is 53.9 Å². The third kappa shape index (κ3) is 5.13. The molecule has 1 aromatic heterocycles. The largest absolute Gasteiger partial charge is 0.497 e. The van der Waals surface area contributed by atoms with E-state index in [-0.39, 0.29) is 18.1 Å². The van der Waals surface area contributed by atoms with Crippen molar-refractivity contribution < 1.29 is 19.0 Å². The van der Waals surface area contributed by atoms with E-state index in [1.165, 1.54) is 0 Å². The van der Waals surface area contributed by atoms with Crippen LogP contribution in [0.1, 0.15) is 24.5 Å². The van der Waals surface area contributed by atoms with Gasteiger partial charge in [-0.15, -0.1) is 0 Å². The quantitative estimate of drug-likeness (QED) is 0.327. The van der Waals surface area contributed by atoms with Crippen molar-refractivity contribution in [1.82, 2.24) is 9.97 Å². The van der Waals surface area contributed by atoms with Crippen molar-refractivity contribution in [2.75, 3.05) is 36.4 Å². The van der Waals surface area contributed by atoms with Crippen molar-refractivity contribution in [2.45, 2.75) is 32.5 Å². The Labute approximate surface area is 221 Å². The third-order valence-corrected chi connectivity index (χ3v) is 6.80. The number of nitrogens with two attached hydrogens (primary N) is 1. The molecule has 9 nitrogen and oxygen atoms in total. The van der Waals surface area contributed by atoms with Gasteiger partial charge in [0.15, 0.2) is 0 Å². The van der Waals surface area contributed by atoms with E-state index < -0.39 is 0 Å². The van der Waals surface area contributed by atoms with E-state index in [4.69, 9.17) is 19.9 Å². The molecule has 5 rings (SSSR count). The highest BCUT2D eigenvalue weighted by Crippen LogP contribution is 2.36. The number of benzene rings is 3. The maximum absolute atomic E-state index is 12.7. The first kappa shape index (κ1) is 25.1. The van der Waals surface area contributed by atoms with Crippen LogP contribution in [-0.2, 0) is 17.8 Å². The lowest BCUT2D eigenvalue weighted by Crippen LogP contribution is -2.33. The molecule has 3 aromatic carbocycles. The van der Waals surface area contributed by atoms with Gasteiger partial charge in [-0.3, -0.25) is 4.90 Å². The zero-order chi connectivity index (χ0) is 26.6. The van der Waals surface area contributed by atoms with Crippen LogP contribution in [0.25, 0.3) is 10.9 Å². The van der Waals surface area contributed by atoms with Crippen molar-refractivity contribution in [3.05, 3.63) is 78.0 Å². The number of amides is 1.